The first-order valence-corrected chi connectivity index (χ1v) is 6.01. The lowest BCUT2D eigenvalue weighted by Crippen LogP contribution is -2.56. The van der Waals surface area contributed by atoms with E-state index in [1.165, 1.54) is 11.8 Å². The largest absolute Gasteiger partial charge is 0.388 e. The molecule has 2 N–H and O–H groups in total. The lowest BCUT2D eigenvalue weighted by Gasteiger charge is -2.37. The van der Waals surface area contributed by atoms with Crippen molar-refractivity contribution in [3.05, 3.63) is 0 Å². The maximum atomic E-state index is 12.6. The van der Waals surface area contributed by atoms with Gasteiger partial charge in [0.25, 0.3) is 6.43 Å². The normalized spacial score (nSPS) is 41.4. The van der Waals surface area contributed by atoms with Gasteiger partial charge in [-0.15, -0.1) is 0 Å². The molecule has 0 amide bonds. The van der Waals surface area contributed by atoms with Crippen molar-refractivity contribution in [1.29, 1.82) is 0 Å². The molecule has 0 aliphatic carbocycles. The lowest BCUT2D eigenvalue weighted by molar-refractivity contribution is -0.193. The van der Waals surface area contributed by atoms with E-state index in [9.17, 15) is 19.0 Å². The Bertz CT molecular complexity index is 329. The van der Waals surface area contributed by atoms with Gasteiger partial charge in [0.2, 0.25) is 0 Å². The van der Waals surface area contributed by atoms with Gasteiger partial charge in [-0.3, -0.25) is 4.99 Å². The van der Waals surface area contributed by atoms with Crippen LogP contribution in [0.3, 0.4) is 0 Å². The molecule has 0 radical (unpaired) electrons. The summed E-state index contributed by atoms with van der Waals surface area (Å²) in [5.74, 6) is 0. The number of fused-ring (bicyclic) bond motifs is 1. The van der Waals surface area contributed by atoms with E-state index in [1.807, 2.05) is 0 Å². The molecule has 2 rings (SSSR count). The number of halogens is 2. The third kappa shape index (κ3) is 2.26. The van der Waals surface area contributed by atoms with Crippen molar-refractivity contribution in [3.63, 3.8) is 0 Å². The van der Waals surface area contributed by atoms with Gasteiger partial charge in [-0.2, -0.15) is 0 Å². The number of thioether (sulfide) groups is 1. The summed E-state index contributed by atoms with van der Waals surface area (Å²) in [4.78, 5) is 5.87. The average Bonchev–Trinajstić information content (AvgIpc) is 2.67. The molecule has 0 bridgehead atoms. The lowest BCUT2D eigenvalue weighted by atomic mass is 9.98. The molecular formula is C9H14F2N2O3S. The SMILES string of the molecule is CN(C)C1=NC2C(OC(C(F)F)C(O)C2O)S1. The molecule has 0 aromatic rings. The fourth-order valence-corrected chi connectivity index (χ4v) is 2.95. The number of rotatable bonds is 1. The Kier molecular flexibility index (Phi) is 3.58. The summed E-state index contributed by atoms with van der Waals surface area (Å²) in [6, 6.07) is -0.692. The molecule has 5 atom stereocenters. The zero-order valence-corrected chi connectivity index (χ0v) is 10.1. The summed E-state index contributed by atoms with van der Waals surface area (Å²) in [6.45, 7) is 0. The highest BCUT2D eigenvalue weighted by atomic mass is 32.2. The zero-order valence-electron chi connectivity index (χ0n) is 9.33. The number of alkyl halides is 2. The van der Waals surface area contributed by atoms with Crippen molar-refractivity contribution in [2.24, 2.45) is 4.99 Å². The third-order valence-corrected chi connectivity index (χ3v) is 4.02. The van der Waals surface area contributed by atoms with Gasteiger partial charge in [-0.25, -0.2) is 8.78 Å². The van der Waals surface area contributed by atoms with Crippen molar-refractivity contribution < 1.29 is 23.7 Å². The van der Waals surface area contributed by atoms with Crippen LogP contribution in [0, 0.1) is 0 Å². The van der Waals surface area contributed by atoms with Gasteiger partial charge in [0.05, 0.1) is 0 Å². The van der Waals surface area contributed by atoms with Gasteiger partial charge in [-0.1, -0.05) is 11.8 Å². The molecule has 2 aliphatic heterocycles. The van der Waals surface area contributed by atoms with Crippen LogP contribution in [0.1, 0.15) is 0 Å². The number of hydrogen-bond acceptors (Lipinski definition) is 6. The van der Waals surface area contributed by atoms with Gasteiger partial charge >= 0.3 is 0 Å². The number of amidine groups is 1. The van der Waals surface area contributed by atoms with Gasteiger partial charge in [-0.05, 0) is 0 Å². The van der Waals surface area contributed by atoms with Gasteiger partial charge in [0.15, 0.2) is 5.17 Å². The maximum Gasteiger partial charge on any atom is 0.267 e. The molecule has 1 fully saturated rings. The monoisotopic (exact) mass is 268 g/mol. The van der Waals surface area contributed by atoms with E-state index in [2.05, 4.69) is 4.99 Å². The molecule has 0 aromatic heterocycles. The summed E-state index contributed by atoms with van der Waals surface area (Å²) < 4.78 is 30.3. The molecule has 5 nitrogen and oxygen atoms in total. The van der Waals surface area contributed by atoms with E-state index in [1.54, 1.807) is 19.0 Å². The van der Waals surface area contributed by atoms with Crippen LogP contribution in [-0.2, 0) is 4.74 Å². The molecule has 0 aromatic carbocycles. The van der Waals surface area contributed by atoms with Crippen LogP contribution < -0.4 is 0 Å². The Morgan fingerprint density at radius 3 is 2.53 bits per heavy atom. The summed E-state index contributed by atoms with van der Waals surface area (Å²) in [5, 5.41) is 19.9. The Morgan fingerprint density at radius 2 is 2.00 bits per heavy atom. The van der Waals surface area contributed by atoms with Gasteiger partial charge < -0.3 is 19.8 Å². The predicted octanol–water partition coefficient (Wildman–Crippen LogP) is -0.269. The van der Waals surface area contributed by atoms with Crippen LogP contribution >= 0.6 is 11.8 Å². The molecule has 1 saturated heterocycles. The van der Waals surface area contributed by atoms with E-state index >= 15 is 0 Å². The van der Waals surface area contributed by atoms with E-state index < -0.39 is 36.2 Å². The minimum absolute atomic E-state index is 0.598. The number of ether oxygens (including phenoxy) is 1. The van der Waals surface area contributed by atoms with Crippen LogP contribution in [0.15, 0.2) is 4.99 Å². The van der Waals surface area contributed by atoms with E-state index in [-0.39, 0.29) is 0 Å². The Hall–Kier alpha value is -0.440. The molecule has 0 spiro atoms. The average molecular weight is 268 g/mol. The van der Waals surface area contributed by atoms with Crippen molar-refractivity contribution >= 4 is 16.9 Å². The first-order valence-electron chi connectivity index (χ1n) is 5.13. The standard InChI is InChI=1S/C9H14F2N2O3S/c1-13(2)9-12-3-4(14)5(15)6(7(10)11)16-8(3)17-9/h3-8,14-15H,1-2H3. The van der Waals surface area contributed by atoms with Gasteiger partial charge in [0.1, 0.15) is 29.8 Å². The third-order valence-electron chi connectivity index (χ3n) is 2.72. The number of nitrogens with zero attached hydrogens (tertiary/aromatic N) is 2. The van der Waals surface area contributed by atoms with Crippen molar-refractivity contribution in [3.8, 4) is 0 Å². The van der Waals surface area contributed by atoms with Gasteiger partial charge in [0, 0.05) is 14.1 Å². The molecule has 2 aliphatic rings. The van der Waals surface area contributed by atoms with Crippen LogP contribution in [0.5, 0.6) is 0 Å². The highest BCUT2D eigenvalue weighted by Crippen LogP contribution is 2.38. The first-order chi connectivity index (χ1) is 7.91. The number of hydrogen-bond donors (Lipinski definition) is 2. The second kappa shape index (κ2) is 4.68. The number of aliphatic hydroxyl groups is 2. The zero-order chi connectivity index (χ0) is 12.7. The fourth-order valence-electron chi connectivity index (χ4n) is 1.80. The molecule has 2 heterocycles. The van der Waals surface area contributed by atoms with Crippen LogP contribution in [0.25, 0.3) is 0 Å². The highest BCUT2D eigenvalue weighted by molar-refractivity contribution is 8.14. The summed E-state index contributed by atoms with van der Waals surface area (Å²) >= 11 is 1.18. The second-order valence-corrected chi connectivity index (χ2v) is 5.26. The second-order valence-electron chi connectivity index (χ2n) is 4.20. The first kappa shape index (κ1) is 13.0. The summed E-state index contributed by atoms with van der Waals surface area (Å²) in [6.07, 6.45) is -7.42. The van der Waals surface area contributed by atoms with Crippen molar-refractivity contribution in [2.45, 2.75) is 36.2 Å². The Labute approximate surface area is 101 Å². The van der Waals surface area contributed by atoms with Crippen molar-refractivity contribution in [2.75, 3.05) is 14.1 Å². The van der Waals surface area contributed by atoms with Crippen LogP contribution in [0.4, 0.5) is 8.78 Å². The van der Waals surface area contributed by atoms with Crippen LogP contribution in [-0.4, -0.2) is 70.6 Å². The maximum absolute atomic E-state index is 12.6. The van der Waals surface area contributed by atoms with E-state index in [0.717, 1.165) is 0 Å². The molecule has 8 heteroatoms. The number of aliphatic hydroxyl groups excluding tert-OH is 2. The van der Waals surface area contributed by atoms with Crippen molar-refractivity contribution in [1.82, 2.24) is 4.90 Å². The van der Waals surface area contributed by atoms with E-state index in [0.29, 0.717) is 5.17 Å². The smallest absolute Gasteiger partial charge is 0.267 e. The summed E-state index contributed by atoms with van der Waals surface area (Å²) in [5.41, 5.74) is -0.662. The minimum Gasteiger partial charge on any atom is -0.388 e. The van der Waals surface area contributed by atoms with Crippen LogP contribution in [0.2, 0.25) is 0 Å². The predicted molar refractivity (Wildman–Crippen MR) is 59.2 cm³/mol. The number of aliphatic imine (C=N–C) groups is 1. The molecule has 17 heavy (non-hydrogen) atoms. The fraction of sp³-hybridized carbons (Fsp3) is 0.889. The highest BCUT2D eigenvalue weighted by Gasteiger charge is 2.51. The molecule has 0 saturated carbocycles. The topological polar surface area (TPSA) is 65.3 Å². The Morgan fingerprint density at radius 1 is 1.35 bits per heavy atom. The molecule has 98 valence electrons. The molecule has 5 unspecified atom stereocenters. The quantitative estimate of drug-likeness (QED) is 0.685. The minimum atomic E-state index is -2.83. The molecular weight excluding hydrogens is 254 g/mol. The Balaban J connectivity index is 2.15. The van der Waals surface area contributed by atoms with E-state index in [4.69, 9.17) is 4.74 Å². The summed E-state index contributed by atoms with van der Waals surface area (Å²) in [7, 11) is 3.52.